The molecule has 0 saturated heterocycles. The number of nitro groups is 1. The Bertz CT molecular complexity index is 1180. The van der Waals surface area contributed by atoms with E-state index in [0.29, 0.717) is 17.2 Å². The normalized spacial score (nSPS) is 11.1. The Morgan fingerprint density at radius 2 is 1.83 bits per heavy atom. The quantitative estimate of drug-likeness (QED) is 0.417. The molecule has 2 N–H and O–H groups in total. The van der Waals surface area contributed by atoms with Gasteiger partial charge in [0.25, 0.3) is 10.0 Å². The molecule has 0 fully saturated rings. The van der Waals surface area contributed by atoms with E-state index in [9.17, 15) is 23.3 Å². The maximum atomic E-state index is 12.4. The lowest BCUT2D eigenvalue weighted by Gasteiger charge is -2.10. The highest BCUT2D eigenvalue weighted by Gasteiger charge is 2.16. The number of benzene rings is 2. The van der Waals surface area contributed by atoms with Crippen LogP contribution in [0.3, 0.4) is 0 Å². The number of aromatic nitrogens is 2. The van der Waals surface area contributed by atoms with Crippen LogP contribution in [0.4, 0.5) is 17.2 Å². The highest BCUT2D eigenvalue weighted by molar-refractivity contribution is 7.92. The van der Waals surface area contributed by atoms with Gasteiger partial charge in [0.1, 0.15) is 6.20 Å². The molecule has 1 aromatic heterocycles. The van der Waals surface area contributed by atoms with Gasteiger partial charge in [0, 0.05) is 25.6 Å². The Labute approximate surface area is 172 Å². The molecule has 0 aliphatic carbocycles. The smallest absolute Gasteiger partial charge is 0.358 e. The van der Waals surface area contributed by atoms with Crippen LogP contribution in [-0.2, 0) is 21.4 Å². The summed E-state index contributed by atoms with van der Waals surface area (Å²) in [5, 5.41) is 13.5. The van der Waals surface area contributed by atoms with Crippen molar-refractivity contribution in [2.45, 2.75) is 24.8 Å². The second kappa shape index (κ2) is 8.74. The van der Waals surface area contributed by atoms with Crippen LogP contribution in [-0.4, -0.2) is 28.8 Å². The summed E-state index contributed by atoms with van der Waals surface area (Å²) in [6.45, 7) is 1.84. The molecule has 0 spiro atoms. The van der Waals surface area contributed by atoms with Crippen LogP contribution in [0.2, 0.25) is 0 Å². The van der Waals surface area contributed by atoms with Crippen LogP contribution in [0.1, 0.15) is 12.2 Å². The number of hydrogen-bond acceptors (Lipinski definition) is 6. The number of sulfonamides is 1. The van der Waals surface area contributed by atoms with Gasteiger partial charge in [-0.05, 0) is 40.2 Å². The van der Waals surface area contributed by atoms with E-state index in [-0.39, 0.29) is 29.6 Å². The second-order valence-corrected chi connectivity index (χ2v) is 8.08. The zero-order chi connectivity index (χ0) is 21.7. The van der Waals surface area contributed by atoms with Gasteiger partial charge in [-0.1, -0.05) is 24.3 Å². The summed E-state index contributed by atoms with van der Waals surface area (Å²) in [5.41, 5.74) is 0.722. The monoisotopic (exact) mass is 429 g/mol. The number of nitrogens with zero attached hydrogens (tertiary/aromatic N) is 3. The maximum Gasteiger partial charge on any atom is 0.381 e. The summed E-state index contributed by atoms with van der Waals surface area (Å²) in [6.07, 6.45) is 1.34. The zero-order valence-corrected chi connectivity index (χ0v) is 16.8. The lowest BCUT2D eigenvalue weighted by atomic mass is 10.2. The van der Waals surface area contributed by atoms with E-state index >= 15 is 0 Å². The molecule has 3 rings (SSSR count). The number of carbonyl (C=O) groups excluding carboxylic acids is 1. The van der Waals surface area contributed by atoms with E-state index in [0.717, 1.165) is 0 Å². The molecule has 10 nitrogen and oxygen atoms in total. The van der Waals surface area contributed by atoms with Gasteiger partial charge in [-0.15, -0.1) is 0 Å². The van der Waals surface area contributed by atoms with E-state index in [1.54, 1.807) is 43.3 Å². The highest BCUT2D eigenvalue weighted by atomic mass is 32.2. The van der Waals surface area contributed by atoms with Crippen molar-refractivity contribution in [2.24, 2.45) is 0 Å². The van der Waals surface area contributed by atoms with Crippen molar-refractivity contribution in [3.05, 3.63) is 76.7 Å². The lowest BCUT2D eigenvalue weighted by Crippen LogP contribution is -2.16. The van der Waals surface area contributed by atoms with Crippen LogP contribution >= 0.6 is 0 Å². The third kappa shape index (κ3) is 5.20. The minimum Gasteiger partial charge on any atom is -0.358 e. The Morgan fingerprint density at radius 1 is 1.13 bits per heavy atom. The molecule has 0 aliphatic heterocycles. The molecule has 156 valence electrons. The first-order valence-corrected chi connectivity index (χ1v) is 10.4. The largest absolute Gasteiger partial charge is 0.381 e. The van der Waals surface area contributed by atoms with Gasteiger partial charge < -0.3 is 20.0 Å². The molecule has 2 aromatic carbocycles. The van der Waals surface area contributed by atoms with Gasteiger partial charge in [0.2, 0.25) is 11.7 Å². The number of anilines is 2. The number of hydrogen-bond donors (Lipinski definition) is 2. The third-order valence-corrected chi connectivity index (χ3v) is 5.58. The molecule has 0 bridgehead atoms. The predicted molar refractivity (Wildman–Crippen MR) is 111 cm³/mol. The summed E-state index contributed by atoms with van der Waals surface area (Å²) >= 11 is 0. The van der Waals surface area contributed by atoms with Crippen LogP contribution in [0.15, 0.2) is 65.7 Å². The fourth-order valence-electron chi connectivity index (χ4n) is 2.73. The number of carbonyl (C=O) groups is 1. The van der Waals surface area contributed by atoms with Crippen molar-refractivity contribution in [3.63, 3.8) is 0 Å². The molecule has 0 saturated carbocycles. The predicted octanol–water partition coefficient (Wildman–Crippen LogP) is 2.93. The molecule has 0 unspecified atom stereocenters. The first-order chi connectivity index (χ1) is 14.2. The Balaban J connectivity index is 1.62. The molecule has 1 amide bonds. The van der Waals surface area contributed by atoms with E-state index < -0.39 is 14.9 Å². The first-order valence-electron chi connectivity index (χ1n) is 8.90. The molecule has 30 heavy (non-hydrogen) atoms. The van der Waals surface area contributed by atoms with Crippen LogP contribution in [0, 0.1) is 17.0 Å². The Morgan fingerprint density at radius 3 is 2.50 bits per heavy atom. The fourth-order valence-corrected chi connectivity index (χ4v) is 3.80. The van der Waals surface area contributed by atoms with Crippen molar-refractivity contribution < 1.29 is 18.1 Å². The van der Waals surface area contributed by atoms with Crippen LogP contribution < -0.4 is 10.0 Å². The van der Waals surface area contributed by atoms with E-state index in [1.807, 2.05) is 0 Å². The fraction of sp³-hybridized carbons (Fsp3) is 0.158. The Kier molecular flexibility index (Phi) is 6.11. The number of imidazole rings is 1. The molecule has 0 atom stereocenters. The Hall–Kier alpha value is -3.73. The average Bonchev–Trinajstić information content (AvgIpc) is 3.08. The number of rotatable bonds is 8. The van der Waals surface area contributed by atoms with Crippen molar-refractivity contribution >= 4 is 33.1 Å². The van der Waals surface area contributed by atoms with Gasteiger partial charge in [-0.2, -0.15) is 0 Å². The summed E-state index contributed by atoms with van der Waals surface area (Å²) < 4.78 is 28.8. The van der Waals surface area contributed by atoms with Crippen molar-refractivity contribution in [2.75, 3.05) is 10.0 Å². The number of nitrogens with one attached hydrogen (secondary N) is 2. The maximum absolute atomic E-state index is 12.4. The standard InChI is InChI=1S/C19H19N5O5S/c1-14-20-18(24(26)27)13-23(14)11-10-19(25)21-15-6-5-7-16(12-15)22-30(28,29)17-8-3-2-4-9-17/h2-9,12-13,22H,10-11H2,1H3,(H,21,25). The molecule has 1 heterocycles. The number of aryl methyl sites for hydroxylation is 2. The highest BCUT2D eigenvalue weighted by Crippen LogP contribution is 2.20. The number of amides is 1. The van der Waals surface area contributed by atoms with E-state index in [2.05, 4.69) is 15.0 Å². The minimum atomic E-state index is -3.74. The van der Waals surface area contributed by atoms with Gasteiger partial charge in [0.05, 0.1) is 10.6 Å². The summed E-state index contributed by atoms with van der Waals surface area (Å²) in [7, 11) is -3.74. The topological polar surface area (TPSA) is 136 Å². The molecule has 0 aliphatic rings. The van der Waals surface area contributed by atoms with Gasteiger partial charge in [-0.3, -0.25) is 9.52 Å². The van der Waals surface area contributed by atoms with Gasteiger partial charge >= 0.3 is 5.82 Å². The molecule has 0 radical (unpaired) electrons. The van der Waals surface area contributed by atoms with E-state index in [4.69, 9.17) is 0 Å². The average molecular weight is 429 g/mol. The molecule has 11 heteroatoms. The second-order valence-electron chi connectivity index (χ2n) is 6.39. The third-order valence-electron chi connectivity index (χ3n) is 4.18. The van der Waals surface area contributed by atoms with Crippen molar-refractivity contribution in [3.8, 4) is 0 Å². The zero-order valence-electron chi connectivity index (χ0n) is 16.0. The minimum absolute atomic E-state index is 0.0638. The first kappa shape index (κ1) is 21.0. The van der Waals surface area contributed by atoms with Gasteiger partial charge in [0.15, 0.2) is 0 Å². The SMILES string of the molecule is Cc1nc([N+](=O)[O-])cn1CCC(=O)Nc1cccc(NS(=O)(=O)c2ccccc2)c1. The summed E-state index contributed by atoms with van der Waals surface area (Å²) in [6, 6.07) is 14.3. The molecule has 3 aromatic rings. The molecular formula is C19H19N5O5S. The van der Waals surface area contributed by atoms with Crippen molar-refractivity contribution in [1.29, 1.82) is 0 Å². The van der Waals surface area contributed by atoms with Crippen LogP contribution in [0.5, 0.6) is 0 Å². The van der Waals surface area contributed by atoms with E-state index in [1.165, 1.54) is 29.0 Å². The summed E-state index contributed by atoms with van der Waals surface area (Å²) in [4.78, 5) is 26.4. The van der Waals surface area contributed by atoms with Crippen LogP contribution in [0.25, 0.3) is 0 Å². The van der Waals surface area contributed by atoms with Crippen molar-refractivity contribution in [1.82, 2.24) is 9.55 Å². The van der Waals surface area contributed by atoms with Gasteiger partial charge in [-0.25, -0.2) is 8.42 Å². The lowest BCUT2D eigenvalue weighted by molar-refractivity contribution is -0.389. The molecular weight excluding hydrogens is 410 g/mol. The summed E-state index contributed by atoms with van der Waals surface area (Å²) in [5.74, 6) is -0.160.